The number of benzene rings is 13. The molecular weight excluding hydrogens is 1110 g/mol. The van der Waals surface area contributed by atoms with Crippen LogP contribution in [0.4, 0.5) is 0 Å². The fraction of sp³-hybridized carbons (Fsp3) is 0.114. The molecule has 0 bridgehead atoms. The van der Waals surface area contributed by atoms with Gasteiger partial charge in [-0.2, -0.15) is 0 Å². The van der Waals surface area contributed by atoms with Gasteiger partial charge in [-0.25, -0.2) is 0 Å². The fourth-order valence-corrected chi connectivity index (χ4v) is 18.1. The number of fused-ring (bicyclic) bond motifs is 27. The van der Waals surface area contributed by atoms with Crippen molar-refractivity contribution < 1.29 is 9.47 Å². The predicted molar refractivity (Wildman–Crippen MR) is 379 cm³/mol. The first kappa shape index (κ1) is 52.1. The third-order valence-corrected chi connectivity index (χ3v) is 21.9. The molecule has 3 nitrogen and oxygen atoms in total. The van der Waals surface area contributed by atoms with E-state index < -0.39 is 10.8 Å². The standard InChI is InChI=1S/C88H62BNO2/c1-85(2,3)51-43-45-76-74(47-51)89-75-48-52(86(4,5)6)44-46-77(75)92-79-50-53(49-78(91-76)82(79)89)90-83-64(62-31-19-29-60-58-27-11-17-41-72(58)87(80(60)62)68-37-13-7-23-54(68)55-24-8-14-38-69(55)87)33-21-35-66(83)67-36-22-34-65(84(67)90)63-32-20-30-61-59-28-12-18-42-73(59)88(81(61)63)70-39-15-9-25-56(70)57-26-10-16-40-71(57)88/h7-50H,1-6H3. The molecule has 0 amide bonds. The molecule has 20 rings (SSSR count). The van der Waals surface area contributed by atoms with Crippen LogP contribution in [-0.4, -0.2) is 11.3 Å². The molecule has 0 fully saturated rings. The summed E-state index contributed by atoms with van der Waals surface area (Å²) < 4.78 is 17.5. The first-order chi connectivity index (χ1) is 44.9. The summed E-state index contributed by atoms with van der Waals surface area (Å²) in [5.74, 6) is 3.36. The Balaban J connectivity index is 0.920. The summed E-state index contributed by atoms with van der Waals surface area (Å²) in [6.07, 6.45) is 0. The van der Waals surface area contributed by atoms with Gasteiger partial charge < -0.3 is 14.0 Å². The van der Waals surface area contributed by atoms with E-state index in [-0.39, 0.29) is 17.5 Å². The van der Waals surface area contributed by atoms with Gasteiger partial charge in [0.1, 0.15) is 23.0 Å². The second-order valence-corrected chi connectivity index (χ2v) is 28.5. The number of aromatic nitrogens is 1. The van der Waals surface area contributed by atoms with E-state index >= 15 is 0 Å². The maximum absolute atomic E-state index is 7.46. The Morgan fingerprint density at radius 1 is 0.293 bits per heavy atom. The van der Waals surface area contributed by atoms with Gasteiger partial charge in [0, 0.05) is 39.5 Å². The minimum Gasteiger partial charge on any atom is -0.458 e. The van der Waals surface area contributed by atoms with Crippen LogP contribution >= 0.6 is 0 Å². The highest BCUT2D eigenvalue weighted by Crippen LogP contribution is 2.67. The van der Waals surface area contributed by atoms with Crippen LogP contribution in [0.3, 0.4) is 0 Å². The molecule has 3 heterocycles. The molecular formula is C88H62BNO2. The monoisotopic (exact) mass is 1180 g/mol. The summed E-state index contributed by atoms with van der Waals surface area (Å²) in [5.41, 5.74) is 33.3. The van der Waals surface area contributed by atoms with Crippen molar-refractivity contribution in [2.45, 2.75) is 63.2 Å². The highest BCUT2D eigenvalue weighted by Gasteiger charge is 2.55. The molecule has 1 aromatic heterocycles. The lowest BCUT2D eigenvalue weighted by Gasteiger charge is -2.35. The molecule has 0 radical (unpaired) electrons. The Kier molecular flexibility index (Phi) is 10.2. The second-order valence-electron chi connectivity index (χ2n) is 28.5. The number of nitrogens with zero attached hydrogens (tertiary/aromatic N) is 1. The van der Waals surface area contributed by atoms with Crippen molar-refractivity contribution in [2.75, 3.05) is 0 Å². The molecule has 0 saturated heterocycles. The maximum atomic E-state index is 7.46. The third-order valence-electron chi connectivity index (χ3n) is 21.9. The molecule has 2 spiro atoms. The Morgan fingerprint density at radius 3 is 0.935 bits per heavy atom. The third kappa shape index (κ3) is 6.51. The highest BCUT2D eigenvalue weighted by molar-refractivity contribution is 6.98. The number of hydrogen-bond acceptors (Lipinski definition) is 2. The molecule has 14 aromatic rings. The predicted octanol–water partition coefficient (Wildman–Crippen LogP) is 20.1. The molecule has 0 atom stereocenters. The zero-order chi connectivity index (χ0) is 61.3. The van der Waals surface area contributed by atoms with E-state index in [4.69, 9.17) is 9.47 Å². The van der Waals surface area contributed by atoms with Crippen molar-refractivity contribution in [3.05, 3.63) is 323 Å². The van der Waals surface area contributed by atoms with Crippen LogP contribution in [0.15, 0.2) is 267 Å². The second kappa shape index (κ2) is 18.1. The Bertz CT molecular complexity index is 5180. The van der Waals surface area contributed by atoms with E-state index in [1.165, 1.54) is 133 Å². The molecule has 6 aliphatic rings. The SMILES string of the molecule is CC(C)(C)c1ccc2c(c1)B1c3cc(C(C)(C)C)ccc3Oc3cc(-n4c5c(-c6cccc7c6C6(c8ccccc8-c8ccccc86)c6ccccc6-7)cccc5c5cccc(-c6cccc7c6C6(c8ccccc8-c8ccccc86)c6ccccc6-7)c54)cc(c31)O2. The van der Waals surface area contributed by atoms with E-state index in [0.29, 0.717) is 0 Å². The number of hydrogen-bond donors (Lipinski definition) is 0. The van der Waals surface area contributed by atoms with Crippen LogP contribution in [0.2, 0.25) is 0 Å². The van der Waals surface area contributed by atoms with Crippen LogP contribution in [0, 0.1) is 0 Å². The summed E-state index contributed by atoms with van der Waals surface area (Å²) in [7, 11) is 0. The van der Waals surface area contributed by atoms with Crippen molar-refractivity contribution in [2.24, 2.45) is 0 Å². The lowest BCUT2D eigenvalue weighted by atomic mass is 9.34. The lowest BCUT2D eigenvalue weighted by molar-refractivity contribution is 0.463. The molecule has 4 heteroatoms. The summed E-state index contributed by atoms with van der Waals surface area (Å²) in [5, 5.41) is 2.34. The molecule has 434 valence electrons. The molecule has 0 saturated carbocycles. The van der Waals surface area contributed by atoms with Gasteiger partial charge in [0.15, 0.2) is 0 Å². The largest absolute Gasteiger partial charge is 0.458 e. The molecule has 4 aliphatic carbocycles. The number of para-hydroxylation sites is 2. The van der Waals surface area contributed by atoms with Crippen molar-refractivity contribution in [3.8, 4) is 95.4 Å². The number of ether oxygens (including phenoxy) is 2. The Morgan fingerprint density at radius 2 is 0.587 bits per heavy atom. The average Bonchev–Trinajstić information content (AvgIpc) is 1.50. The molecule has 0 N–H and O–H groups in total. The van der Waals surface area contributed by atoms with E-state index in [2.05, 4.69) is 313 Å². The lowest BCUT2D eigenvalue weighted by Crippen LogP contribution is -2.57. The van der Waals surface area contributed by atoms with Crippen molar-refractivity contribution in [3.63, 3.8) is 0 Å². The van der Waals surface area contributed by atoms with Gasteiger partial charge in [0.2, 0.25) is 0 Å². The van der Waals surface area contributed by atoms with Crippen LogP contribution in [0.1, 0.15) is 97.2 Å². The van der Waals surface area contributed by atoms with E-state index in [1.54, 1.807) is 0 Å². The van der Waals surface area contributed by atoms with Gasteiger partial charge in [0.25, 0.3) is 6.71 Å². The zero-order valence-electron chi connectivity index (χ0n) is 52.2. The minimum absolute atomic E-state index is 0.0765. The average molecular weight is 1180 g/mol. The fourth-order valence-electron chi connectivity index (χ4n) is 18.1. The highest BCUT2D eigenvalue weighted by atomic mass is 16.5. The van der Waals surface area contributed by atoms with Crippen LogP contribution in [-0.2, 0) is 21.7 Å². The van der Waals surface area contributed by atoms with E-state index in [0.717, 1.165) is 56.3 Å². The van der Waals surface area contributed by atoms with Crippen LogP contribution < -0.4 is 25.9 Å². The Hall–Kier alpha value is -10.7. The summed E-state index contributed by atoms with van der Waals surface area (Å²) >= 11 is 0. The quantitative estimate of drug-likeness (QED) is 0.165. The molecule has 13 aromatic carbocycles. The summed E-state index contributed by atoms with van der Waals surface area (Å²) in [6.45, 7) is 13.7. The van der Waals surface area contributed by atoms with E-state index in [9.17, 15) is 0 Å². The van der Waals surface area contributed by atoms with Crippen molar-refractivity contribution >= 4 is 44.9 Å². The van der Waals surface area contributed by atoms with Crippen LogP contribution in [0.5, 0.6) is 23.0 Å². The maximum Gasteiger partial charge on any atom is 0.260 e. The van der Waals surface area contributed by atoms with Crippen LogP contribution in [0.25, 0.3) is 94.3 Å². The summed E-state index contributed by atoms with van der Waals surface area (Å²) in [6, 6.07) is 102. The van der Waals surface area contributed by atoms with Gasteiger partial charge in [-0.1, -0.05) is 284 Å². The smallest absolute Gasteiger partial charge is 0.260 e. The van der Waals surface area contributed by atoms with Crippen molar-refractivity contribution in [1.29, 1.82) is 0 Å². The molecule has 2 aliphatic heterocycles. The first-order valence-electron chi connectivity index (χ1n) is 32.7. The minimum atomic E-state index is -0.588. The van der Waals surface area contributed by atoms with E-state index in [1.807, 2.05) is 0 Å². The normalized spacial score (nSPS) is 14.7. The van der Waals surface area contributed by atoms with Gasteiger partial charge >= 0.3 is 0 Å². The molecule has 92 heavy (non-hydrogen) atoms. The molecule has 0 unspecified atom stereocenters. The van der Waals surface area contributed by atoms with Gasteiger partial charge in [-0.05, 0) is 145 Å². The zero-order valence-corrected chi connectivity index (χ0v) is 52.2. The summed E-state index contributed by atoms with van der Waals surface area (Å²) in [4.78, 5) is 0. The van der Waals surface area contributed by atoms with Gasteiger partial charge in [0.05, 0.1) is 27.6 Å². The van der Waals surface area contributed by atoms with Gasteiger partial charge in [-0.3, -0.25) is 0 Å². The van der Waals surface area contributed by atoms with Crippen molar-refractivity contribution in [1.82, 2.24) is 4.57 Å². The Labute approximate surface area is 537 Å². The van der Waals surface area contributed by atoms with Gasteiger partial charge in [-0.15, -0.1) is 0 Å². The first-order valence-corrected chi connectivity index (χ1v) is 32.7. The number of rotatable bonds is 3. The topological polar surface area (TPSA) is 23.4 Å².